The Morgan fingerprint density at radius 3 is 2.74 bits per heavy atom. The van der Waals surface area contributed by atoms with E-state index in [-0.39, 0.29) is 16.5 Å². The normalized spacial score (nSPS) is 18.4. The number of para-hydroxylation sites is 2. The Labute approximate surface area is 153 Å². The van der Waals surface area contributed by atoms with Gasteiger partial charge in [-0.15, -0.1) is 10.2 Å². The number of nitrogens with one attached hydrogen (secondary N) is 1. The first-order valence-corrected chi connectivity index (χ1v) is 9.23. The minimum atomic E-state index is -4.83. The molecule has 0 spiro atoms. The second-order valence-corrected chi connectivity index (χ2v) is 7.06. The van der Waals surface area contributed by atoms with E-state index >= 15 is 0 Å². The lowest BCUT2D eigenvalue weighted by Crippen LogP contribution is -2.50. The molecule has 2 atom stereocenters. The number of carbonyl (C=O) groups excluding carboxylic acids is 2. The lowest BCUT2D eigenvalue weighted by atomic mass is 10.1. The topological polar surface area (TPSA) is 97.2 Å². The summed E-state index contributed by atoms with van der Waals surface area (Å²) < 4.78 is 53.6. The highest BCUT2D eigenvalue weighted by molar-refractivity contribution is 7.84. The number of amides is 2. The molecule has 1 N–H and O–H groups in total. The molecule has 0 bridgehead atoms. The van der Waals surface area contributed by atoms with E-state index in [4.69, 9.17) is 0 Å². The fraction of sp³-hybridized carbons (Fsp3) is 0.333. The molecule has 27 heavy (non-hydrogen) atoms. The molecule has 12 heteroatoms. The van der Waals surface area contributed by atoms with Crippen LogP contribution in [0.1, 0.15) is 6.42 Å². The van der Waals surface area contributed by atoms with Gasteiger partial charge in [0.15, 0.2) is 0 Å². The first-order chi connectivity index (χ1) is 12.7. The van der Waals surface area contributed by atoms with E-state index in [9.17, 15) is 27.0 Å². The number of benzene rings is 1. The Bertz CT molecular complexity index is 914. The summed E-state index contributed by atoms with van der Waals surface area (Å²) in [4.78, 5) is 25.3. The third kappa shape index (κ3) is 3.84. The summed E-state index contributed by atoms with van der Waals surface area (Å²) in [6.45, 7) is -0.559. The Hall–Kier alpha value is -2.76. The molecule has 0 radical (unpaired) electrons. The van der Waals surface area contributed by atoms with Gasteiger partial charge in [-0.2, -0.15) is 13.2 Å². The van der Waals surface area contributed by atoms with Crippen molar-refractivity contribution in [2.45, 2.75) is 30.3 Å². The number of rotatable bonds is 3. The molecule has 2 aromatic rings. The van der Waals surface area contributed by atoms with Crippen molar-refractivity contribution >= 4 is 34.0 Å². The molecule has 2 amide bonds. The molecule has 1 aliphatic heterocycles. The second-order valence-electron chi connectivity index (χ2n) is 5.79. The zero-order valence-electron chi connectivity index (χ0n) is 13.9. The van der Waals surface area contributed by atoms with Crippen molar-refractivity contribution in [2.75, 3.05) is 16.5 Å². The van der Waals surface area contributed by atoms with E-state index in [1.807, 2.05) is 0 Å². The van der Waals surface area contributed by atoms with Crippen molar-refractivity contribution in [1.29, 1.82) is 0 Å². The van der Waals surface area contributed by atoms with Crippen molar-refractivity contribution in [2.24, 2.45) is 0 Å². The number of alkyl halides is 3. The molecule has 2 heterocycles. The van der Waals surface area contributed by atoms with E-state index in [1.165, 1.54) is 30.5 Å². The minimum absolute atomic E-state index is 0.0378. The maximum absolute atomic E-state index is 13.6. The highest BCUT2D eigenvalue weighted by Crippen LogP contribution is 2.37. The number of halogens is 3. The highest BCUT2D eigenvalue weighted by atomic mass is 32.2. The summed E-state index contributed by atoms with van der Waals surface area (Å²) in [5, 5.41) is 9.50. The molecule has 0 fully saturated rings. The van der Waals surface area contributed by atoms with Gasteiger partial charge in [0.25, 0.3) is 0 Å². The van der Waals surface area contributed by atoms with Crippen LogP contribution in [0.2, 0.25) is 0 Å². The molecule has 1 aliphatic rings. The third-order valence-electron chi connectivity index (χ3n) is 3.92. The standard InChI is InChI=1S/C15H14F3N5O3S/c1-27(26)14-21-19-8-22(14)7-13(25)23-10-5-3-2-4-9(10)20-12(24)6-11(23)15(16,17)18/h2-5,8,11H,6-7H2,1H3,(H,20,24)/t11-,27+/m0/s1. The molecule has 1 aromatic heterocycles. The minimum Gasteiger partial charge on any atom is -0.324 e. The van der Waals surface area contributed by atoms with Crippen LogP contribution in [0.25, 0.3) is 0 Å². The lowest BCUT2D eigenvalue weighted by molar-refractivity contribution is -0.158. The van der Waals surface area contributed by atoms with Gasteiger partial charge in [0.1, 0.15) is 18.9 Å². The van der Waals surface area contributed by atoms with Gasteiger partial charge in [-0.3, -0.25) is 23.3 Å². The monoisotopic (exact) mass is 401 g/mol. The Balaban J connectivity index is 2.05. The van der Waals surface area contributed by atoms with Gasteiger partial charge in [-0.05, 0) is 12.1 Å². The van der Waals surface area contributed by atoms with E-state index < -0.39 is 47.8 Å². The molecule has 144 valence electrons. The molecule has 1 aromatic carbocycles. The maximum atomic E-state index is 13.6. The van der Waals surface area contributed by atoms with E-state index in [2.05, 4.69) is 15.5 Å². The van der Waals surface area contributed by atoms with E-state index in [1.54, 1.807) is 0 Å². The van der Waals surface area contributed by atoms with Gasteiger partial charge in [0.2, 0.25) is 17.0 Å². The summed E-state index contributed by atoms with van der Waals surface area (Å²) in [5.41, 5.74) is 0.0357. The SMILES string of the molecule is C[S@@](=O)c1nncn1CC(=O)N1c2ccccc2NC(=O)C[C@H]1C(F)(F)F. The molecule has 0 saturated carbocycles. The Morgan fingerprint density at radius 2 is 2.07 bits per heavy atom. The fourth-order valence-electron chi connectivity index (χ4n) is 2.79. The van der Waals surface area contributed by atoms with Crippen LogP contribution in [0, 0.1) is 0 Å². The molecule has 3 rings (SSSR count). The first kappa shape index (κ1) is 19.0. The number of fused-ring (bicyclic) bond motifs is 1. The van der Waals surface area contributed by atoms with Crippen molar-refractivity contribution < 1.29 is 27.0 Å². The molecular weight excluding hydrogens is 387 g/mol. The smallest absolute Gasteiger partial charge is 0.324 e. The van der Waals surface area contributed by atoms with Crippen LogP contribution in [0.3, 0.4) is 0 Å². The molecule has 0 saturated heterocycles. The number of hydrogen-bond acceptors (Lipinski definition) is 5. The number of aromatic nitrogens is 3. The van der Waals surface area contributed by atoms with Crippen molar-refractivity contribution in [1.82, 2.24) is 14.8 Å². The van der Waals surface area contributed by atoms with E-state index in [0.29, 0.717) is 4.90 Å². The number of nitrogens with zero attached hydrogens (tertiary/aromatic N) is 4. The number of anilines is 2. The number of hydrogen-bond donors (Lipinski definition) is 1. The predicted molar refractivity (Wildman–Crippen MR) is 89.4 cm³/mol. The quantitative estimate of drug-likeness (QED) is 0.837. The van der Waals surface area contributed by atoms with Gasteiger partial charge in [0.05, 0.1) is 28.6 Å². The average Bonchev–Trinajstić information content (AvgIpc) is 2.96. The number of carbonyl (C=O) groups is 2. The summed E-state index contributed by atoms with van der Waals surface area (Å²) in [7, 11) is -1.58. The van der Waals surface area contributed by atoms with E-state index in [0.717, 1.165) is 10.9 Å². The van der Waals surface area contributed by atoms with Gasteiger partial charge in [-0.25, -0.2) is 0 Å². The second kappa shape index (κ2) is 7.10. The van der Waals surface area contributed by atoms with Crippen LogP contribution in [0.5, 0.6) is 0 Å². The zero-order valence-corrected chi connectivity index (χ0v) is 14.8. The summed E-state index contributed by atoms with van der Waals surface area (Å²) in [5.74, 6) is -1.78. The van der Waals surface area contributed by atoms with Gasteiger partial charge >= 0.3 is 6.18 Å². The van der Waals surface area contributed by atoms with Crippen LogP contribution in [-0.4, -0.2) is 49.3 Å². The average molecular weight is 401 g/mol. The maximum Gasteiger partial charge on any atom is 0.409 e. The molecule has 0 unspecified atom stereocenters. The van der Waals surface area contributed by atoms with Crippen LogP contribution in [-0.2, 0) is 26.9 Å². The van der Waals surface area contributed by atoms with Gasteiger partial charge in [-0.1, -0.05) is 12.1 Å². The van der Waals surface area contributed by atoms with Gasteiger partial charge in [0, 0.05) is 6.26 Å². The van der Waals surface area contributed by atoms with Crippen LogP contribution in [0.15, 0.2) is 35.7 Å². The van der Waals surface area contributed by atoms with Crippen molar-refractivity contribution in [3.63, 3.8) is 0 Å². The largest absolute Gasteiger partial charge is 0.409 e. The fourth-order valence-corrected chi connectivity index (χ4v) is 3.40. The predicted octanol–water partition coefficient (Wildman–Crippen LogP) is 1.32. The lowest BCUT2D eigenvalue weighted by Gasteiger charge is -2.31. The van der Waals surface area contributed by atoms with Gasteiger partial charge < -0.3 is 5.32 Å². The highest BCUT2D eigenvalue weighted by Gasteiger charge is 2.49. The summed E-state index contributed by atoms with van der Waals surface area (Å²) in [6, 6.07) is 3.41. The molecule has 8 nitrogen and oxygen atoms in total. The first-order valence-electron chi connectivity index (χ1n) is 7.67. The third-order valence-corrected chi connectivity index (χ3v) is 4.75. The Morgan fingerprint density at radius 1 is 1.37 bits per heavy atom. The summed E-state index contributed by atoms with van der Waals surface area (Å²) >= 11 is 0. The zero-order chi connectivity index (χ0) is 19.8. The Kier molecular flexibility index (Phi) is 5.00. The van der Waals surface area contributed by atoms with Crippen molar-refractivity contribution in [3.8, 4) is 0 Å². The van der Waals surface area contributed by atoms with Crippen LogP contribution in [0.4, 0.5) is 24.5 Å². The van der Waals surface area contributed by atoms with Crippen molar-refractivity contribution in [3.05, 3.63) is 30.6 Å². The molecule has 0 aliphatic carbocycles. The van der Waals surface area contributed by atoms with Crippen LogP contribution >= 0.6 is 0 Å². The molecular formula is C15H14F3N5O3S. The summed E-state index contributed by atoms with van der Waals surface area (Å²) in [6.07, 6.45) is -3.33. The van der Waals surface area contributed by atoms with Crippen LogP contribution < -0.4 is 10.2 Å².